The normalized spacial score (nSPS) is 14.1. The first kappa shape index (κ1) is 37.9. The lowest BCUT2D eigenvalue weighted by atomic mass is 9.33. The van der Waals surface area contributed by atoms with E-state index in [1.165, 1.54) is 89.5 Å². The Balaban J connectivity index is 1.49. The summed E-state index contributed by atoms with van der Waals surface area (Å²) in [6, 6.07) is 46.8. The van der Waals surface area contributed by atoms with E-state index >= 15 is 0 Å². The molecule has 3 heteroatoms. The van der Waals surface area contributed by atoms with E-state index in [2.05, 4.69) is 221 Å². The van der Waals surface area contributed by atoms with Gasteiger partial charge in [-0.2, -0.15) is 0 Å². The van der Waals surface area contributed by atoms with Crippen LogP contribution in [-0.2, 0) is 21.7 Å². The summed E-state index contributed by atoms with van der Waals surface area (Å²) in [5.74, 6) is 0. The summed E-state index contributed by atoms with van der Waals surface area (Å²) >= 11 is 0. The quantitative estimate of drug-likeness (QED) is 0.167. The highest BCUT2D eigenvalue weighted by Crippen LogP contribution is 2.47. The van der Waals surface area contributed by atoms with Gasteiger partial charge in [-0.05, 0) is 132 Å². The van der Waals surface area contributed by atoms with E-state index < -0.39 is 0 Å². The molecule has 0 fully saturated rings. The summed E-state index contributed by atoms with van der Waals surface area (Å²) in [6.45, 7) is 30.4. The van der Waals surface area contributed by atoms with Gasteiger partial charge in [-0.1, -0.05) is 156 Å². The molecular weight excluding hydrogens is 675 g/mol. The lowest BCUT2D eigenvalue weighted by molar-refractivity contribution is 0.568. The average Bonchev–Trinajstić information content (AvgIpc) is 3.13. The van der Waals surface area contributed by atoms with E-state index in [9.17, 15) is 0 Å². The Kier molecular flexibility index (Phi) is 8.81. The lowest BCUT2D eigenvalue weighted by Crippen LogP contribution is -2.61. The maximum Gasteiger partial charge on any atom is 0.252 e. The van der Waals surface area contributed by atoms with Gasteiger partial charge in [-0.15, -0.1) is 0 Å². The largest absolute Gasteiger partial charge is 0.311 e. The summed E-state index contributed by atoms with van der Waals surface area (Å²) in [4.78, 5) is 5.17. The third-order valence-corrected chi connectivity index (χ3v) is 12.0. The molecule has 284 valence electrons. The van der Waals surface area contributed by atoms with Crippen LogP contribution in [0, 0.1) is 6.92 Å². The first-order valence-electron chi connectivity index (χ1n) is 20.6. The fourth-order valence-corrected chi connectivity index (χ4v) is 8.67. The van der Waals surface area contributed by atoms with Gasteiger partial charge in [0, 0.05) is 34.1 Å². The summed E-state index contributed by atoms with van der Waals surface area (Å²) in [5, 5.41) is 0. The second-order valence-electron chi connectivity index (χ2n) is 20.6. The highest BCUT2D eigenvalue weighted by molar-refractivity contribution is 7.00. The molecule has 0 spiro atoms. The Morgan fingerprint density at radius 1 is 0.375 bits per heavy atom. The van der Waals surface area contributed by atoms with Crippen LogP contribution in [0.2, 0.25) is 0 Å². The summed E-state index contributed by atoms with van der Waals surface area (Å²) in [5.41, 5.74) is 20.6. The molecule has 6 aromatic carbocycles. The Hall–Kier alpha value is -5.02. The predicted molar refractivity (Wildman–Crippen MR) is 245 cm³/mol. The Bertz CT molecular complexity index is 2400. The third-order valence-electron chi connectivity index (χ3n) is 12.0. The van der Waals surface area contributed by atoms with E-state index in [0.717, 1.165) is 0 Å². The first-order valence-corrected chi connectivity index (χ1v) is 20.6. The zero-order chi connectivity index (χ0) is 40.1. The number of nitrogens with zero attached hydrogens (tertiary/aromatic N) is 2. The van der Waals surface area contributed by atoms with E-state index in [0.29, 0.717) is 0 Å². The second kappa shape index (κ2) is 13.0. The average molecular weight is 735 g/mol. The molecule has 0 radical (unpaired) electrons. The predicted octanol–water partition coefficient (Wildman–Crippen LogP) is 12.9. The van der Waals surface area contributed by atoms with Gasteiger partial charge in [0.15, 0.2) is 0 Å². The van der Waals surface area contributed by atoms with Gasteiger partial charge in [0.2, 0.25) is 0 Å². The van der Waals surface area contributed by atoms with Crippen LogP contribution in [-0.4, -0.2) is 6.71 Å². The van der Waals surface area contributed by atoms with Crippen LogP contribution in [0.25, 0.3) is 11.1 Å². The highest BCUT2D eigenvalue weighted by Gasteiger charge is 2.44. The van der Waals surface area contributed by atoms with Crippen LogP contribution >= 0.6 is 0 Å². The van der Waals surface area contributed by atoms with Crippen molar-refractivity contribution in [1.29, 1.82) is 0 Å². The van der Waals surface area contributed by atoms with Crippen molar-refractivity contribution < 1.29 is 0 Å². The number of para-hydroxylation sites is 1. The van der Waals surface area contributed by atoms with Gasteiger partial charge >= 0.3 is 0 Å². The molecule has 0 unspecified atom stereocenters. The molecule has 0 atom stereocenters. The molecule has 6 aromatic rings. The van der Waals surface area contributed by atoms with Crippen LogP contribution < -0.4 is 26.2 Å². The molecule has 0 aromatic heterocycles. The van der Waals surface area contributed by atoms with Crippen molar-refractivity contribution in [1.82, 2.24) is 0 Å². The number of benzene rings is 6. The molecular formula is C53H59BN2. The molecule has 0 N–H and O–H groups in total. The van der Waals surface area contributed by atoms with Crippen LogP contribution in [0.1, 0.15) is 111 Å². The maximum absolute atomic E-state index is 2.59. The molecule has 2 nitrogen and oxygen atoms in total. The molecule has 8 rings (SSSR count). The standard InChI is InChI=1S/C53H59BN2/c1-34-25-47-49-48(26-34)56(42-32-39(52(8,9)10)29-40(33-42)53(11,12)13)46-24-23-36(35-19-15-14-16-20-35)27-44(46)54(49)43-21-17-18-22-45(43)55(47)41-30-37(50(2,3)4)28-38(31-41)51(5,6)7/h14-33H,1-13H3. The van der Waals surface area contributed by atoms with Crippen LogP contribution in [0.5, 0.6) is 0 Å². The Morgan fingerprint density at radius 3 is 1.27 bits per heavy atom. The molecule has 2 heterocycles. The SMILES string of the molecule is Cc1cc2c3c(c1)N(c1cc(C(C)(C)C)cc(C(C)(C)C)c1)c1ccc(-c4ccccc4)cc1B3c1ccccc1N2c1cc(C(C)(C)C)cc(C(C)(C)C)c1. The summed E-state index contributed by atoms with van der Waals surface area (Å²) < 4.78 is 0. The van der Waals surface area contributed by atoms with Gasteiger partial charge in [0.05, 0.1) is 0 Å². The van der Waals surface area contributed by atoms with Crippen molar-refractivity contribution in [3.63, 3.8) is 0 Å². The van der Waals surface area contributed by atoms with Gasteiger partial charge in [-0.3, -0.25) is 0 Å². The molecule has 0 aliphatic carbocycles. The highest BCUT2D eigenvalue weighted by atomic mass is 15.2. The minimum absolute atomic E-state index is 0.00765. The van der Waals surface area contributed by atoms with Crippen molar-refractivity contribution in [3.8, 4) is 11.1 Å². The maximum atomic E-state index is 2.59. The fraction of sp³-hybridized carbons (Fsp3) is 0.321. The fourth-order valence-electron chi connectivity index (χ4n) is 8.67. The molecule has 0 amide bonds. The number of rotatable bonds is 3. The number of hydrogen-bond acceptors (Lipinski definition) is 2. The van der Waals surface area contributed by atoms with Crippen LogP contribution in [0.4, 0.5) is 34.1 Å². The first-order chi connectivity index (χ1) is 26.2. The molecule has 2 aliphatic rings. The van der Waals surface area contributed by atoms with Crippen molar-refractivity contribution in [2.75, 3.05) is 9.80 Å². The van der Waals surface area contributed by atoms with Crippen molar-refractivity contribution in [2.24, 2.45) is 0 Å². The number of aryl methyl sites for hydroxylation is 1. The summed E-state index contributed by atoms with van der Waals surface area (Å²) in [7, 11) is 0. The van der Waals surface area contributed by atoms with E-state index in [4.69, 9.17) is 0 Å². The van der Waals surface area contributed by atoms with Crippen molar-refractivity contribution >= 4 is 57.2 Å². The van der Waals surface area contributed by atoms with Crippen molar-refractivity contribution in [3.05, 3.63) is 149 Å². The summed E-state index contributed by atoms with van der Waals surface area (Å²) in [6.07, 6.45) is 0. The van der Waals surface area contributed by atoms with E-state index in [-0.39, 0.29) is 28.4 Å². The van der Waals surface area contributed by atoms with Crippen LogP contribution in [0.3, 0.4) is 0 Å². The van der Waals surface area contributed by atoms with Gasteiger partial charge in [-0.25, -0.2) is 0 Å². The molecule has 56 heavy (non-hydrogen) atoms. The van der Waals surface area contributed by atoms with Crippen LogP contribution in [0.15, 0.2) is 121 Å². The van der Waals surface area contributed by atoms with Gasteiger partial charge in [0.1, 0.15) is 0 Å². The molecule has 0 bridgehead atoms. The monoisotopic (exact) mass is 734 g/mol. The van der Waals surface area contributed by atoms with E-state index in [1.54, 1.807) is 0 Å². The smallest absolute Gasteiger partial charge is 0.252 e. The zero-order valence-electron chi connectivity index (χ0n) is 36.0. The Labute approximate surface area is 337 Å². The molecule has 0 saturated heterocycles. The topological polar surface area (TPSA) is 6.48 Å². The number of fused-ring (bicyclic) bond motifs is 4. The second-order valence-corrected chi connectivity index (χ2v) is 20.6. The van der Waals surface area contributed by atoms with Crippen molar-refractivity contribution in [2.45, 2.75) is 112 Å². The number of hydrogen-bond donors (Lipinski definition) is 0. The minimum Gasteiger partial charge on any atom is -0.311 e. The van der Waals surface area contributed by atoms with Gasteiger partial charge in [0.25, 0.3) is 6.71 Å². The zero-order valence-corrected chi connectivity index (χ0v) is 36.0. The Morgan fingerprint density at radius 2 is 0.804 bits per heavy atom. The number of anilines is 6. The minimum atomic E-state index is -0.0149. The third kappa shape index (κ3) is 6.57. The van der Waals surface area contributed by atoms with E-state index in [1.807, 2.05) is 0 Å². The molecule has 0 saturated carbocycles. The molecule has 2 aliphatic heterocycles. The van der Waals surface area contributed by atoms with Gasteiger partial charge < -0.3 is 9.80 Å². The lowest BCUT2D eigenvalue weighted by Gasteiger charge is -2.45.